The van der Waals surface area contributed by atoms with Gasteiger partial charge >= 0.3 is 5.91 Å². The average molecular weight is 558 g/mol. The van der Waals surface area contributed by atoms with Gasteiger partial charge in [-0.15, -0.1) is 0 Å². The number of rotatable bonds is 5. The molecule has 1 aromatic carbocycles. The zero-order chi connectivity index (χ0) is 23.1. The van der Waals surface area contributed by atoms with Crippen LogP contribution in [0.4, 0.5) is 5.69 Å². The Morgan fingerprint density at radius 3 is 2.48 bits per heavy atom. The molecule has 4 N–H and O–H groups in total. The van der Waals surface area contributed by atoms with E-state index in [-0.39, 0.29) is 39.3 Å². The van der Waals surface area contributed by atoms with Gasteiger partial charge in [-0.3, -0.25) is 19.6 Å². The molecule has 0 radical (unpaired) electrons. The summed E-state index contributed by atoms with van der Waals surface area (Å²) in [5.41, 5.74) is 2.28. The van der Waals surface area contributed by atoms with Gasteiger partial charge in [-0.1, -0.05) is 17.7 Å². The van der Waals surface area contributed by atoms with Crippen LogP contribution in [0, 0.1) is 0 Å². The first-order chi connectivity index (χ1) is 14.3. The fraction of sp³-hybridized carbons (Fsp3) is 0.125. The van der Waals surface area contributed by atoms with E-state index in [1.54, 1.807) is 0 Å². The van der Waals surface area contributed by atoms with Crippen LogP contribution in [0.1, 0.15) is 6.92 Å². The third-order valence-electron chi connectivity index (χ3n) is 4.09. The predicted octanol–water partition coefficient (Wildman–Crippen LogP) is -0.0990. The van der Waals surface area contributed by atoms with Crippen LogP contribution < -0.4 is 10.4 Å². The van der Waals surface area contributed by atoms with Crippen LogP contribution in [-0.4, -0.2) is 65.4 Å². The Labute approximate surface area is 203 Å². The molecule has 0 spiro atoms. The summed E-state index contributed by atoms with van der Waals surface area (Å²) in [7, 11) is -9.58. The number of carbonyl (C=O) groups excluding carboxylic acids is 2. The van der Waals surface area contributed by atoms with Crippen molar-refractivity contribution in [1.82, 2.24) is 5.43 Å². The van der Waals surface area contributed by atoms with Gasteiger partial charge in [-0.25, -0.2) is 8.42 Å². The monoisotopic (exact) mass is 557 g/mol. The van der Waals surface area contributed by atoms with Crippen LogP contribution in [0.5, 0.6) is 0 Å². The molecule has 17 heteroatoms. The van der Waals surface area contributed by atoms with Gasteiger partial charge in [0.15, 0.2) is 0 Å². The maximum Gasteiger partial charge on any atom is 0.446 e. The van der Waals surface area contributed by atoms with Crippen molar-refractivity contribution in [3.8, 4) is 0 Å². The molecule has 33 heavy (non-hydrogen) atoms. The number of benzene rings is 1. The third-order valence-corrected chi connectivity index (χ3v) is 6.00. The molecule has 1 atom stereocenters. The number of halogens is 1. The maximum atomic E-state index is 12.2. The van der Waals surface area contributed by atoms with Gasteiger partial charge in [-0.05, 0) is 37.3 Å². The maximum absolute atomic E-state index is 12.2. The van der Waals surface area contributed by atoms with Crippen molar-refractivity contribution >= 4 is 60.6 Å². The molecule has 1 aromatic rings. The molecule has 13 nitrogen and oxygen atoms in total. The summed E-state index contributed by atoms with van der Waals surface area (Å²) in [4.78, 5) is 21.2. The van der Waals surface area contributed by atoms with Crippen molar-refractivity contribution in [1.29, 1.82) is 0 Å². The first kappa shape index (κ1) is 28.6. The molecule has 2 aliphatic rings. The Hall–Kier alpha value is -2.42. The Bertz CT molecular complexity index is 1340. The van der Waals surface area contributed by atoms with E-state index in [4.69, 9.17) is 11.6 Å². The van der Waals surface area contributed by atoms with Gasteiger partial charge in [0.1, 0.15) is 20.7 Å². The number of hydrogen-bond donors (Lipinski definition) is 2. The van der Waals surface area contributed by atoms with Crippen LogP contribution in [0.15, 0.2) is 61.5 Å². The first-order valence-electron chi connectivity index (χ1n) is 8.20. The van der Waals surface area contributed by atoms with E-state index < -0.39 is 53.5 Å². The minimum atomic E-state index is -5.09. The van der Waals surface area contributed by atoms with E-state index in [9.17, 15) is 35.5 Å². The van der Waals surface area contributed by atoms with Crippen LogP contribution in [-0.2, 0) is 42.4 Å². The summed E-state index contributed by atoms with van der Waals surface area (Å²) in [5.74, 6) is -1.64. The zero-order valence-electron chi connectivity index (χ0n) is 16.3. The average Bonchev–Trinajstić information content (AvgIpc) is 2.94. The van der Waals surface area contributed by atoms with Crippen molar-refractivity contribution in [2.75, 3.05) is 5.01 Å². The molecule has 0 aromatic heterocycles. The van der Waals surface area contributed by atoms with Crippen molar-refractivity contribution in [3.63, 3.8) is 0 Å². The van der Waals surface area contributed by atoms with Crippen LogP contribution in [0.2, 0.25) is 0 Å². The fourth-order valence-electron chi connectivity index (χ4n) is 2.65. The molecule has 1 amide bonds. The summed E-state index contributed by atoms with van der Waals surface area (Å²) in [6.07, 6.45) is 1.73. The van der Waals surface area contributed by atoms with Gasteiger partial charge < -0.3 is 10.0 Å². The van der Waals surface area contributed by atoms with E-state index in [0.717, 1.165) is 23.2 Å². The van der Waals surface area contributed by atoms with E-state index in [1.807, 2.05) is 0 Å². The molecular formula is C16H14ClCrN4O9S2-. The normalized spacial score (nSPS) is 19.9. The van der Waals surface area contributed by atoms with Gasteiger partial charge in [0.05, 0.1) is 16.3 Å². The summed E-state index contributed by atoms with van der Waals surface area (Å²) in [5, 5.41) is 8.56. The van der Waals surface area contributed by atoms with Gasteiger partial charge in [0, 0.05) is 22.4 Å². The number of anilines is 1. The Balaban J connectivity index is 0.00000272. The molecule has 1 aliphatic carbocycles. The van der Waals surface area contributed by atoms with Crippen molar-refractivity contribution in [3.05, 3.63) is 46.4 Å². The molecule has 0 bridgehead atoms. The first-order valence-corrected chi connectivity index (χ1v) is 11.4. The quantitative estimate of drug-likeness (QED) is 0.213. The largest absolute Gasteiger partial charge is 0.870 e. The topological polar surface area (TPSA) is 220 Å². The second-order valence-corrected chi connectivity index (χ2v) is 9.47. The summed E-state index contributed by atoms with van der Waals surface area (Å²) in [6.45, 7) is 1.49. The molecule has 1 unspecified atom stereocenters. The third kappa shape index (κ3) is 6.13. The number of ketones is 1. The standard InChI is InChI=1S/C16H13ClN4O8S2.Cr.H2O/c1-8-14(19-18-12-5-9(17)6-13(15(12)22)31(27,28)29)16(23)21(20-8)10-3-2-4-11(7-10)30(24,25)26;;/h2-7,14,19H,1H3,(H,24,25,26)(H,27,28,29);;1H2/p-1. The van der Waals surface area contributed by atoms with E-state index >= 15 is 0 Å². The minimum Gasteiger partial charge on any atom is -0.870 e. The second kappa shape index (κ2) is 10.2. The SMILES string of the molecule is CC1=NN(c2cccc(S(=O)(=O)O)c2)C(=[OH+])C1NN=C1C=C(Cl)C=C(S(=O)(=O)[O-])C1=O.[Cr].[OH-]. The number of nitrogens with one attached hydrogen (secondary N) is 1. The zero-order valence-corrected chi connectivity index (χ0v) is 19.9. The number of hydrogen-bond acceptors (Lipinski definition) is 10. The predicted molar refractivity (Wildman–Crippen MR) is 112 cm³/mol. The van der Waals surface area contributed by atoms with Crippen LogP contribution >= 0.6 is 11.6 Å². The smallest absolute Gasteiger partial charge is 0.446 e. The van der Waals surface area contributed by atoms with Crippen LogP contribution in [0.25, 0.3) is 0 Å². The fourth-order valence-corrected chi connectivity index (χ4v) is 4.05. The minimum absolute atomic E-state index is 0. The molecule has 0 saturated heterocycles. The van der Waals surface area contributed by atoms with Gasteiger partial charge in [0.2, 0.25) is 11.8 Å². The number of hydrazone groups is 2. The number of amides is 1. The Morgan fingerprint density at radius 1 is 1.27 bits per heavy atom. The number of Topliss-reactive ketones (excluding diaryl/α,β-unsaturated/α-hetero) is 1. The molecule has 0 fully saturated rings. The Kier molecular flexibility index (Phi) is 8.88. The number of carbonyl (C=O) groups is 1. The van der Waals surface area contributed by atoms with Crippen LogP contribution in [0.3, 0.4) is 0 Å². The summed E-state index contributed by atoms with van der Waals surface area (Å²) in [6, 6.07) is 3.87. The van der Waals surface area contributed by atoms with Crippen molar-refractivity contribution in [2.24, 2.45) is 10.2 Å². The molecular weight excluding hydrogens is 544 g/mol. The van der Waals surface area contributed by atoms with E-state index in [2.05, 4.69) is 15.6 Å². The van der Waals surface area contributed by atoms with Gasteiger partial charge in [-0.2, -0.15) is 23.6 Å². The van der Waals surface area contributed by atoms with E-state index in [1.165, 1.54) is 19.1 Å². The number of allylic oxidation sites excluding steroid dienone is 4. The molecule has 3 rings (SSSR count). The molecule has 178 valence electrons. The number of nitrogens with zero attached hydrogens (tertiary/aromatic N) is 3. The summed E-state index contributed by atoms with van der Waals surface area (Å²) < 4.78 is 65.5. The van der Waals surface area contributed by atoms with Gasteiger partial charge in [0.25, 0.3) is 10.1 Å². The molecule has 1 heterocycles. The molecule has 1 aliphatic heterocycles. The second-order valence-electron chi connectivity index (χ2n) is 6.26. The van der Waals surface area contributed by atoms with E-state index in [0.29, 0.717) is 6.08 Å². The van der Waals surface area contributed by atoms with Crippen molar-refractivity contribution < 1.29 is 58.4 Å². The summed E-state index contributed by atoms with van der Waals surface area (Å²) >= 11 is 5.75. The molecule has 0 saturated carbocycles. The van der Waals surface area contributed by atoms with Crippen molar-refractivity contribution in [2.45, 2.75) is 17.9 Å². The Morgan fingerprint density at radius 2 is 1.91 bits per heavy atom.